The number of nitrogens with zero attached hydrogens (tertiary/aromatic N) is 5. The minimum Gasteiger partial charge on any atom is -0.481 e. The summed E-state index contributed by atoms with van der Waals surface area (Å²) in [5.41, 5.74) is 0.367. The van der Waals surface area contributed by atoms with Crippen LogP contribution in [0.25, 0.3) is 5.78 Å². The Morgan fingerprint density at radius 2 is 2.10 bits per heavy atom. The molecule has 2 unspecified atom stereocenters. The number of nitrogens with one attached hydrogen (secondary N) is 1. The van der Waals surface area contributed by atoms with E-state index in [0.29, 0.717) is 11.3 Å². The van der Waals surface area contributed by atoms with Crippen LogP contribution >= 0.6 is 0 Å². The summed E-state index contributed by atoms with van der Waals surface area (Å²) in [5.74, 6) is -2.20. The van der Waals surface area contributed by atoms with E-state index in [1.807, 2.05) is 0 Å². The molecule has 3 aromatic heterocycles. The van der Waals surface area contributed by atoms with Crippen LogP contribution < -0.4 is 4.72 Å². The maximum Gasteiger partial charge on any atom is 0.312 e. The molecule has 0 saturated heterocycles. The zero-order valence-electron chi connectivity index (χ0n) is 16.8. The fourth-order valence-electron chi connectivity index (χ4n) is 3.64. The molecule has 2 N–H and O–H groups in total. The molecular formula is C20H20N6O4S. The monoisotopic (exact) mass is 440 g/mol. The molecule has 0 radical (unpaired) electrons. The average molecular weight is 440 g/mol. The Balaban J connectivity index is 1.82. The van der Waals surface area contributed by atoms with Gasteiger partial charge in [0.05, 0.1) is 11.5 Å². The van der Waals surface area contributed by atoms with Crippen molar-refractivity contribution in [3.8, 4) is 0 Å². The molecule has 4 rings (SSSR count). The van der Waals surface area contributed by atoms with E-state index in [1.54, 1.807) is 62.8 Å². The van der Waals surface area contributed by atoms with Crippen molar-refractivity contribution in [3.05, 3.63) is 71.8 Å². The van der Waals surface area contributed by atoms with Crippen molar-refractivity contribution in [1.82, 2.24) is 29.3 Å². The van der Waals surface area contributed by atoms with E-state index in [9.17, 15) is 18.3 Å². The highest BCUT2D eigenvalue weighted by Gasteiger charge is 2.48. The Morgan fingerprint density at radius 1 is 1.29 bits per heavy atom. The maximum absolute atomic E-state index is 13.3. The molecule has 0 aliphatic heterocycles. The van der Waals surface area contributed by atoms with Crippen molar-refractivity contribution in [3.63, 3.8) is 0 Å². The number of aliphatic carboxylic acids is 1. The normalized spacial score (nSPS) is 21.2. The highest BCUT2D eigenvalue weighted by Crippen LogP contribution is 2.35. The second kappa shape index (κ2) is 7.67. The summed E-state index contributed by atoms with van der Waals surface area (Å²) in [6.45, 7) is 3.48. The van der Waals surface area contributed by atoms with Gasteiger partial charge >= 0.3 is 5.97 Å². The molecule has 3 heterocycles. The van der Waals surface area contributed by atoms with Gasteiger partial charge in [0.1, 0.15) is 0 Å². The number of sulfonamides is 1. The van der Waals surface area contributed by atoms with Crippen molar-refractivity contribution in [1.29, 1.82) is 0 Å². The van der Waals surface area contributed by atoms with Crippen LogP contribution in [0, 0.1) is 12.8 Å². The van der Waals surface area contributed by atoms with Crippen LogP contribution in [0.3, 0.4) is 0 Å². The van der Waals surface area contributed by atoms with Crippen LogP contribution in [-0.4, -0.2) is 49.6 Å². The van der Waals surface area contributed by atoms with Gasteiger partial charge in [0.25, 0.3) is 21.0 Å². The van der Waals surface area contributed by atoms with E-state index in [2.05, 4.69) is 24.8 Å². The molecule has 1 aliphatic carbocycles. The van der Waals surface area contributed by atoms with Crippen LogP contribution in [0.2, 0.25) is 0 Å². The van der Waals surface area contributed by atoms with E-state index in [4.69, 9.17) is 0 Å². The zero-order valence-corrected chi connectivity index (χ0v) is 17.6. The third-order valence-electron chi connectivity index (χ3n) is 5.20. The Labute approximate surface area is 178 Å². The molecule has 0 saturated carbocycles. The number of carbonyl (C=O) groups is 1. The molecule has 0 fully saturated rings. The average Bonchev–Trinajstić information content (AvgIpc) is 3.14. The first kappa shape index (κ1) is 20.8. The number of aromatic nitrogens is 5. The number of pyridine rings is 1. The first-order chi connectivity index (χ1) is 14.7. The first-order valence-corrected chi connectivity index (χ1v) is 10.9. The number of hydrogen-bond donors (Lipinski definition) is 2. The molecule has 31 heavy (non-hydrogen) atoms. The number of allylic oxidation sites excluding steroid dienone is 2. The van der Waals surface area contributed by atoms with Crippen LogP contribution in [0.1, 0.15) is 18.2 Å². The summed E-state index contributed by atoms with van der Waals surface area (Å²) in [6, 6.07) is 5.21. The summed E-state index contributed by atoms with van der Waals surface area (Å²) in [5, 5.41) is 13.5. The maximum atomic E-state index is 13.3. The lowest BCUT2D eigenvalue weighted by Crippen LogP contribution is -2.58. The van der Waals surface area contributed by atoms with Crippen LogP contribution in [0.15, 0.2) is 65.7 Å². The molecule has 3 aromatic rings. The van der Waals surface area contributed by atoms with E-state index in [1.165, 1.54) is 10.6 Å². The smallest absolute Gasteiger partial charge is 0.312 e. The van der Waals surface area contributed by atoms with Gasteiger partial charge in [0.15, 0.2) is 0 Å². The third kappa shape index (κ3) is 3.84. The standard InChI is InChI=1S/C20H20N6O4S/c1-13-11-22-18-23-19(24-26(18)12-13)31(29,30)25-20(10-15-7-3-4-9-21-15)14(2)6-5-8-16(20)17(27)28/h3-9,11-12,16,25H,10H2,1-2H3,(H,27,28). The molecule has 160 valence electrons. The van der Waals surface area contributed by atoms with E-state index >= 15 is 0 Å². The largest absolute Gasteiger partial charge is 0.481 e. The summed E-state index contributed by atoms with van der Waals surface area (Å²) in [4.78, 5) is 24.5. The second-order valence-electron chi connectivity index (χ2n) is 7.40. The van der Waals surface area contributed by atoms with E-state index < -0.39 is 32.6 Å². The van der Waals surface area contributed by atoms with Crippen molar-refractivity contribution in [2.24, 2.45) is 5.92 Å². The van der Waals surface area contributed by atoms with Crippen molar-refractivity contribution >= 4 is 21.8 Å². The fourth-order valence-corrected chi connectivity index (χ4v) is 4.96. The summed E-state index contributed by atoms with van der Waals surface area (Å²) in [6.07, 6.45) is 9.51. The summed E-state index contributed by atoms with van der Waals surface area (Å²) in [7, 11) is -4.31. The van der Waals surface area contributed by atoms with Crippen LogP contribution in [-0.2, 0) is 21.2 Å². The minimum atomic E-state index is -4.31. The lowest BCUT2D eigenvalue weighted by molar-refractivity contribution is -0.141. The van der Waals surface area contributed by atoms with Crippen LogP contribution in [0.5, 0.6) is 0 Å². The van der Waals surface area contributed by atoms with Gasteiger partial charge in [-0.15, -0.1) is 5.10 Å². The SMILES string of the molecule is CC1=CC=CC(C(=O)O)C1(Cc1ccccn1)NS(=O)(=O)c1nc2ncc(C)cn2n1. The van der Waals surface area contributed by atoms with Gasteiger partial charge in [0, 0.05) is 30.7 Å². The Kier molecular flexibility index (Phi) is 5.15. The number of carboxylic acids is 1. The van der Waals surface area contributed by atoms with Gasteiger partial charge in [-0.3, -0.25) is 9.78 Å². The van der Waals surface area contributed by atoms with Gasteiger partial charge in [-0.25, -0.2) is 17.9 Å². The topological polar surface area (TPSA) is 139 Å². The number of rotatable bonds is 6. The van der Waals surface area contributed by atoms with Gasteiger partial charge in [0.2, 0.25) is 0 Å². The predicted octanol–water partition coefficient (Wildman–Crippen LogP) is 1.30. The molecule has 0 bridgehead atoms. The second-order valence-corrected chi connectivity index (χ2v) is 8.97. The first-order valence-electron chi connectivity index (χ1n) is 9.42. The van der Waals surface area contributed by atoms with Crippen molar-refractivity contribution in [2.75, 3.05) is 0 Å². The predicted molar refractivity (Wildman–Crippen MR) is 111 cm³/mol. The van der Waals surface area contributed by atoms with E-state index in [0.717, 1.165) is 5.56 Å². The summed E-state index contributed by atoms with van der Waals surface area (Å²) >= 11 is 0. The quantitative estimate of drug-likeness (QED) is 0.585. The van der Waals surface area contributed by atoms with Gasteiger partial charge in [-0.1, -0.05) is 29.9 Å². The molecule has 11 heteroatoms. The Bertz CT molecular complexity index is 1320. The van der Waals surface area contributed by atoms with Crippen molar-refractivity contribution in [2.45, 2.75) is 31.0 Å². The number of aryl methyl sites for hydroxylation is 1. The highest BCUT2D eigenvalue weighted by atomic mass is 32.2. The number of hydrogen-bond acceptors (Lipinski definition) is 7. The van der Waals surface area contributed by atoms with Crippen LogP contribution in [0.4, 0.5) is 0 Å². The minimum absolute atomic E-state index is 0.0292. The molecule has 0 aromatic carbocycles. The Hall–Kier alpha value is -3.44. The molecule has 1 aliphatic rings. The lowest BCUT2D eigenvalue weighted by atomic mass is 9.73. The van der Waals surface area contributed by atoms with Gasteiger partial charge in [-0.05, 0) is 31.5 Å². The fraction of sp³-hybridized carbons (Fsp3) is 0.250. The van der Waals surface area contributed by atoms with Crippen molar-refractivity contribution < 1.29 is 18.3 Å². The van der Waals surface area contributed by atoms with Gasteiger partial charge < -0.3 is 5.11 Å². The molecule has 0 amide bonds. The zero-order chi connectivity index (χ0) is 22.2. The highest BCUT2D eigenvalue weighted by molar-refractivity contribution is 7.89. The van der Waals surface area contributed by atoms with Gasteiger partial charge in [-0.2, -0.15) is 9.71 Å². The number of fused-ring (bicyclic) bond motifs is 1. The van der Waals surface area contributed by atoms with E-state index in [-0.39, 0.29) is 12.2 Å². The summed E-state index contributed by atoms with van der Waals surface area (Å²) < 4.78 is 30.5. The molecule has 10 nitrogen and oxygen atoms in total. The molecular weight excluding hydrogens is 420 g/mol. The third-order valence-corrected chi connectivity index (χ3v) is 6.48. The Morgan fingerprint density at radius 3 is 2.81 bits per heavy atom. The lowest BCUT2D eigenvalue weighted by Gasteiger charge is -2.40. The molecule has 0 spiro atoms. The number of carboxylic acid groups (broad SMARTS) is 1. The molecule has 2 atom stereocenters.